The molecule has 0 aliphatic carbocycles. The molecule has 21 heavy (non-hydrogen) atoms. The van der Waals surface area contributed by atoms with Crippen molar-refractivity contribution in [1.82, 2.24) is 25.1 Å². The third-order valence-corrected chi connectivity index (χ3v) is 3.23. The van der Waals surface area contributed by atoms with Crippen LogP contribution in [0, 0.1) is 0 Å². The average Bonchev–Trinajstić information content (AvgIpc) is 3.01. The van der Waals surface area contributed by atoms with Crippen LogP contribution in [0.1, 0.15) is 30.6 Å². The summed E-state index contributed by atoms with van der Waals surface area (Å²) in [5, 5.41) is 15.6. The van der Waals surface area contributed by atoms with Gasteiger partial charge in [0, 0.05) is 6.20 Å². The van der Waals surface area contributed by atoms with E-state index in [0.717, 1.165) is 0 Å². The highest BCUT2D eigenvalue weighted by Gasteiger charge is 2.33. The van der Waals surface area contributed by atoms with Gasteiger partial charge in [-0.2, -0.15) is 5.10 Å². The molecular formula is C13H15N5O3. The molecule has 0 bridgehead atoms. The first-order chi connectivity index (χ1) is 9.96. The summed E-state index contributed by atoms with van der Waals surface area (Å²) >= 11 is 0. The summed E-state index contributed by atoms with van der Waals surface area (Å²) in [6.45, 7) is 3.16. The Bertz CT molecular complexity index is 638. The Balaban J connectivity index is 2.15. The van der Waals surface area contributed by atoms with Gasteiger partial charge in [0.15, 0.2) is 5.82 Å². The van der Waals surface area contributed by atoms with Gasteiger partial charge in [0.05, 0.1) is 5.56 Å². The number of carbonyl (C=O) groups excluding carboxylic acids is 1. The third kappa shape index (κ3) is 3.04. The molecule has 0 aromatic carbocycles. The quantitative estimate of drug-likeness (QED) is 0.836. The number of carboxylic acid groups (broad SMARTS) is 1. The van der Waals surface area contributed by atoms with Crippen molar-refractivity contribution < 1.29 is 14.7 Å². The van der Waals surface area contributed by atoms with E-state index in [0.29, 0.717) is 5.82 Å². The van der Waals surface area contributed by atoms with Crippen LogP contribution in [-0.2, 0) is 4.79 Å². The van der Waals surface area contributed by atoms with Crippen LogP contribution in [0.15, 0.2) is 31.0 Å². The smallest absolute Gasteiger partial charge is 0.329 e. The fourth-order valence-corrected chi connectivity index (χ4v) is 1.60. The fourth-order valence-electron chi connectivity index (χ4n) is 1.60. The number of nitrogens with one attached hydrogen (secondary N) is 1. The predicted octanol–water partition coefficient (Wildman–Crippen LogP) is 0.645. The van der Waals surface area contributed by atoms with E-state index in [-0.39, 0.29) is 12.0 Å². The zero-order valence-electron chi connectivity index (χ0n) is 11.6. The summed E-state index contributed by atoms with van der Waals surface area (Å²) in [4.78, 5) is 31.1. The molecule has 1 amide bonds. The molecular weight excluding hydrogens is 274 g/mol. The summed E-state index contributed by atoms with van der Waals surface area (Å²) in [7, 11) is 0. The van der Waals surface area contributed by atoms with E-state index >= 15 is 0 Å². The highest BCUT2D eigenvalue weighted by atomic mass is 16.4. The normalized spacial score (nSPS) is 13.4. The number of carbonyl (C=O) groups is 2. The molecule has 2 aromatic heterocycles. The van der Waals surface area contributed by atoms with Crippen molar-refractivity contribution in [2.75, 3.05) is 0 Å². The molecule has 0 saturated heterocycles. The van der Waals surface area contributed by atoms with Crippen LogP contribution >= 0.6 is 0 Å². The molecule has 1 atom stereocenters. The van der Waals surface area contributed by atoms with Crippen LogP contribution in [0.3, 0.4) is 0 Å². The summed E-state index contributed by atoms with van der Waals surface area (Å²) < 4.78 is 1.45. The van der Waals surface area contributed by atoms with Crippen molar-refractivity contribution in [2.24, 2.45) is 0 Å². The molecule has 0 aliphatic rings. The Hall–Kier alpha value is -2.77. The Morgan fingerprint density at radius 1 is 1.43 bits per heavy atom. The van der Waals surface area contributed by atoms with E-state index in [1.165, 1.54) is 30.5 Å². The number of amides is 1. The fraction of sp³-hybridized carbons (Fsp3) is 0.308. The summed E-state index contributed by atoms with van der Waals surface area (Å²) in [5.74, 6) is -1.05. The van der Waals surface area contributed by atoms with Crippen LogP contribution in [0.5, 0.6) is 0 Å². The largest absolute Gasteiger partial charge is 0.480 e. The number of aromatic nitrogens is 4. The Morgan fingerprint density at radius 3 is 2.67 bits per heavy atom. The molecule has 1 unspecified atom stereocenters. The lowest BCUT2D eigenvalue weighted by molar-refractivity contribution is -0.143. The predicted molar refractivity (Wildman–Crippen MR) is 73.0 cm³/mol. The number of carboxylic acids is 1. The summed E-state index contributed by atoms with van der Waals surface area (Å²) in [6, 6.07) is 3.16. The van der Waals surface area contributed by atoms with Crippen molar-refractivity contribution in [1.29, 1.82) is 0 Å². The molecule has 110 valence electrons. The maximum Gasteiger partial charge on any atom is 0.329 e. The molecule has 2 heterocycles. The highest BCUT2D eigenvalue weighted by Crippen LogP contribution is 2.11. The first-order valence-corrected chi connectivity index (χ1v) is 6.33. The van der Waals surface area contributed by atoms with Crippen LogP contribution < -0.4 is 5.32 Å². The van der Waals surface area contributed by atoms with E-state index in [9.17, 15) is 9.59 Å². The van der Waals surface area contributed by atoms with Crippen LogP contribution in [-0.4, -0.2) is 42.3 Å². The Labute approximate surface area is 120 Å². The van der Waals surface area contributed by atoms with E-state index < -0.39 is 17.4 Å². The van der Waals surface area contributed by atoms with Crippen molar-refractivity contribution in [2.45, 2.75) is 25.8 Å². The lowest BCUT2D eigenvalue weighted by Crippen LogP contribution is -2.51. The number of rotatable bonds is 5. The molecule has 0 saturated carbocycles. The van der Waals surface area contributed by atoms with Gasteiger partial charge in [-0.25, -0.2) is 19.4 Å². The average molecular weight is 289 g/mol. The second-order valence-corrected chi connectivity index (χ2v) is 4.69. The molecule has 2 rings (SSSR count). The Kier molecular flexibility index (Phi) is 3.97. The zero-order valence-corrected chi connectivity index (χ0v) is 11.6. The number of hydrogen-bond acceptors (Lipinski definition) is 5. The molecule has 0 radical (unpaired) electrons. The minimum absolute atomic E-state index is 0.276. The monoisotopic (exact) mass is 289 g/mol. The number of hydrogen-bond donors (Lipinski definition) is 2. The van der Waals surface area contributed by atoms with Gasteiger partial charge in [0.2, 0.25) is 0 Å². The van der Waals surface area contributed by atoms with E-state index in [1.54, 1.807) is 19.1 Å². The van der Waals surface area contributed by atoms with Gasteiger partial charge >= 0.3 is 5.97 Å². The maximum absolute atomic E-state index is 12.1. The second kappa shape index (κ2) is 5.70. The van der Waals surface area contributed by atoms with Gasteiger partial charge in [-0.1, -0.05) is 6.92 Å². The van der Waals surface area contributed by atoms with Gasteiger partial charge in [-0.05, 0) is 25.5 Å². The third-order valence-electron chi connectivity index (χ3n) is 3.23. The summed E-state index contributed by atoms with van der Waals surface area (Å²) in [6.07, 6.45) is 4.51. The van der Waals surface area contributed by atoms with Gasteiger partial charge in [-0.3, -0.25) is 4.79 Å². The van der Waals surface area contributed by atoms with Gasteiger partial charge in [0.25, 0.3) is 5.91 Å². The van der Waals surface area contributed by atoms with Gasteiger partial charge in [-0.15, -0.1) is 0 Å². The molecule has 2 aromatic rings. The SMILES string of the molecule is CCC(C)(NC(=O)c1ccc(-n2cncn2)nc1)C(=O)O. The molecule has 2 N–H and O–H groups in total. The number of aliphatic carboxylic acids is 1. The molecule has 0 fully saturated rings. The number of pyridine rings is 1. The number of nitrogens with zero attached hydrogens (tertiary/aromatic N) is 4. The topological polar surface area (TPSA) is 110 Å². The van der Waals surface area contributed by atoms with E-state index in [2.05, 4.69) is 20.4 Å². The van der Waals surface area contributed by atoms with Crippen molar-refractivity contribution in [3.05, 3.63) is 36.5 Å². The van der Waals surface area contributed by atoms with Crippen molar-refractivity contribution in [3.63, 3.8) is 0 Å². The summed E-state index contributed by atoms with van der Waals surface area (Å²) in [5.41, 5.74) is -1.03. The van der Waals surface area contributed by atoms with Gasteiger partial charge < -0.3 is 10.4 Å². The molecule has 8 heteroatoms. The highest BCUT2D eigenvalue weighted by molar-refractivity contribution is 5.97. The van der Waals surface area contributed by atoms with Crippen LogP contribution in [0.2, 0.25) is 0 Å². The molecule has 0 spiro atoms. The van der Waals surface area contributed by atoms with E-state index in [1.807, 2.05) is 0 Å². The van der Waals surface area contributed by atoms with Crippen LogP contribution in [0.4, 0.5) is 0 Å². The second-order valence-electron chi connectivity index (χ2n) is 4.69. The van der Waals surface area contributed by atoms with Gasteiger partial charge in [0.1, 0.15) is 18.2 Å². The minimum atomic E-state index is -1.30. The molecule has 0 aliphatic heterocycles. The maximum atomic E-state index is 12.1. The zero-order chi connectivity index (χ0) is 15.5. The lowest BCUT2D eigenvalue weighted by atomic mass is 9.99. The van der Waals surface area contributed by atoms with Crippen LogP contribution in [0.25, 0.3) is 5.82 Å². The van der Waals surface area contributed by atoms with E-state index in [4.69, 9.17) is 5.11 Å². The Morgan fingerprint density at radius 2 is 2.19 bits per heavy atom. The van der Waals surface area contributed by atoms with Crippen molar-refractivity contribution >= 4 is 11.9 Å². The molecule has 8 nitrogen and oxygen atoms in total. The standard InChI is InChI=1S/C13H15N5O3/c1-3-13(2,12(20)21)17-11(19)9-4-5-10(15-6-9)18-8-14-7-16-18/h4-8H,3H2,1-2H3,(H,17,19)(H,20,21). The van der Waals surface area contributed by atoms with Crippen molar-refractivity contribution in [3.8, 4) is 5.82 Å². The first-order valence-electron chi connectivity index (χ1n) is 6.33. The first kappa shape index (κ1) is 14.6. The minimum Gasteiger partial charge on any atom is -0.480 e. The lowest BCUT2D eigenvalue weighted by Gasteiger charge is -2.24.